The van der Waals surface area contributed by atoms with Crippen LogP contribution in [0, 0.1) is 0 Å². The number of carbonyl (C=O) groups excluding carboxylic acids is 1. The zero-order valence-corrected chi connectivity index (χ0v) is 14.8. The number of hydrogen-bond acceptors (Lipinski definition) is 3. The van der Waals surface area contributed by atoms with Crippen LogP contribution >= 0.6 is 11.3 Å². The third kappa shape index (κ3) is 2.80. The summed E-state index contributed by atoms with van der Waals surface area (Å²) in [7, 11) is 2.20. The summed E-state index contributed by atoms with van der Waals surface area (Å²) >= 11 is 1.73. The monoisotopic (exact) mass is 338 g/mol. The summed E-state index contributed by atoms with van der Waals surface area (Å²) < 4.78 is 0. The van der Waals surface area contributed by atoms with Crippen molar-refractivity contribution in [1.29, 1.82) is 0 Å². The number of benzene rings is 1. The fourth-order valence-electron chi connectivity index (χ4n) is 3.85. The van der Waals surface area contributed by atoms with E-state index >= 15 is 0 Å². The van der Waals surface area contributed by atoms with E-state index in [-0.39, 0.29) is 0 Å². The van der Waals surface area contributed by atoms with Crippen molar-refractivity contribution in [1.82, 2.24) is 4.90 Å². The highest BCUT2D eigenvalue weighted by Crippen LogP contribution is 2.42. The van der Waals surface area contributed by atoms with Crippen LogP contribution < -0.4 is 5.32 Å². The molecule has 0 radical (unpaired) electrons. The van der Waals surface area contributed by atoms with E-state index < -0.39 is 0 Å². The first-order valence-corrected chi connectivity index (χ1v) is 9.40. The lowest BCUT2D eigenvalue weighted by molar-refractivity contribution is -0.105. The normalized spacial score (nSPS) is 17.9. The van der Waals surface area contributed by atoms with Crippen LogP contribution in [0.4, 0.5) is 5.00 Å². The molecule has 4 rings (SSSR count). The summed E-state index contributed by atoms with van der Waals surface area (Å²) in [6.07, 6.45) is 5.16. The lowest BCUT2D eigenvalue weighted by Crippen LogP contribution is -2.27. The molecule has 2 aromatic rings. The molecule has 2 aliphatic rings. The number of anilines is 1. The smallest absolute Gasteiger partial charge is 0.212 e. The Morgan fingerprint density at radius 2 is 1.88 bits per heavy atom. The molecular weight excluding hydrogens is 316 g/mol. The largest absolute Gasteiger partial charge is 0.320 e. The molecule has 2 heterocycles. The molecule has 1 saturated heterocycles. The molecule has 3 nitrogen and oxygen atoms in total. The standard InChI is InChI=1S/C20H22N2OS/c1-22-10-8-15(9-11-22)20-16-5-3-2-4-14(16)6-7-18-17(20)12-19(24-18)21-13-23/h2-5,12-13H,6-11H2,1H3,(H,21,23). The number of rotatable bonds is 2. The van der Waals surface area contributed by atoms with Gasteiger partial charge in [-0.3, -0.25) is 4.79 Å². The van der Waals surface area contributed by atoms with Crippen LogP contribution in [0.15, 0.2) is 35.9 Å². The van der Waals surface area contributed by atoms with Crippen LogP contribution in [-0.4, -0.2) is 31.4 Å². The van der Waals surface area contributed by atoms with E-state index in [9.17, 15) is 4.79 Å². The fraction of sp³-hybridized carbons (Fsp3) is 0.350. The van der Waals surface area contributed by atoms with Gasteiger partial charge in [-0.05, 0) is 61.1 Å². The van der Waals surface area contributed by atoms with Gasteiger partial charge in [0.15, 0.2) is 0 Å². The maximum absolute atomic E-state index is 10.9. The number of nitrogens with zero attached hydrogens (tertiary/aromatic N) is 1. The third-order valence-corrected chi connectivity index (χ3v) is 6.26. The molecule has 1 amide bonds. The number of fused-ring (bicyclic) bond motifs is 2. The van der Waals surface area contributed by atoms with E-state index in [4.69, 9.17) is 0 Å². The molecule has 24 heavy (non-hydrogen) atoms. The summed E-state index contributed by atoms with van der Waals surface area (Å²) in [4.78, 5) is 14.7. The maximum Gasteiger partial charge on any atom is 0.212 e. The Balaban J connectivity index is 1.89. The number of nitrogens with one attached hydrogen (secondary N) is 1. The van der Waals surface area contributed by atoms with Gasteiger partial charge in [0.2, 0.25) is 6.41 Å². The fourth-order valence-corrected chi connectivity index (χ4v) is 4.87. The first-order valence-electron chi connectivity index (χ1n) is 8.58. The van der Waals surface area contributed by atoms with E-state index in [0.717, 1.165) is 50.2 Å². The number of carbonyl (C=O) groups is 1. The molecule has 0 bridgehead atoms. The van der Waals surface area contributed by atoms with Crippen molar-refractivity contribution >= 4 is 28.3 Å². The number of hydrogen-bond donors (Lipinski definition) is 1. The van der Waals surface area contributed by atoms with Crippen LogP contribution in [0.2, 0.25) is 0 Å². The third-order valence-electron chi connectivity index (χ3n) is 5.13. The van der Waals surface area contributed by atoms with E-state index in [0.29, 0.717) is 0 Å². The molecule has 1 aromatic heterocycles. The summed E-state index contributed by atoms with van der Waals surface area (Å²) in [6.45, 7) is 2.25. The Morgan fingerprint density at radius 3 is 2.67 bits per heavy atom. The topological polar surface area (TPSA) is 32.3 Å². The molecule has 124 valence electrons. The molecule has 4 heteroatoms. The highest BCUT2D eigenvalue weighted by Gasteiger charge is 2.24. The summed E-state index contributed by atoms with van der Waals surface area (Å²) in [6, 6.07) is 11.0. The molecule has 0 unspecified atom stereocenters. The molecule has 0 spiro atoms. The van der Waals surface area contributed by atoms with Crippen molar-refractivity contribution in [3.8, 4) is 0 Å². The first-order chi connectivity index (χ1) is 11.8. The van der Waals surface area contributed by atoms with Gasteiger partial charge in [0.05, 0.1) is 5.00 Å². The molecule has 1 N–H and O–H groups in total. The van der Waals surface area contributed by atoms with E-state index in [2.05, 4.69) is 47.6 Å². The SMILES string of the molecule is CN1CCC(=C2c3ccccc3CCc3sc(NC=O)cc32)CC1. The van der Waals surface area contributed by atoms with Crippen molar-refractivity contribution in [2.75, 3.05) is 25.5 Å². The number of likely N-dealkylation sites (tertiary alicyclic amines) is 1. The molecule has 0 saturated carbocycles. The van der Waals surface area contributed by atoms with E-state index in [1.165, 1.54) is 27.1 Å². The second-order valence-corrected chi connectivity index (χ2v) is 7.79. The quantitative estimate of drug-likeness (QED) is 0.841. The Morgan fingerprint density at radius 1 is 1.08 bits per heavy atom. The molecule has 1 aliphatic carbocycles. The predicted molar refractivity (Wildman–Crippen MR) is 101 cm³/mol. The minimum Gasteiger partial charge on any atom is -0.320 e. The number of amides is 1. The molecule has 1 aliphatic heterocycles. The molecule has 1 fully saturated rings. The van der Waals surface area contributed by atoms with Crippen molar-refractivity contribution < 1.29 is 4.79 Å². The summed E-state index contributed by atoms with van der Waals surface area (Å²) in [5.41, 5.74) is 7.19. The number of thiophene rings is 1. The maximum atomic E-state index is 10.9. The van der Waals surface area contributed by atoms with Gasteiger partial charge in [-0.2, -0.15) is 0 Å². The van der Waals surface area contributed by atoms with Crippen LogP contribution in [0.1, 0.15) is 34.4 Å². The van der Waals surface area contributed by atoms with Crippen LogP contribution in [-0.2, 0) is 17.6 Å². The van der Waals surface area contributed by atoms with Crippen LogP contribution in [0.25, 0.3) is 5.57 Å². The van der Waals surface area contributed by atoms with Gasteiger partial charge >= 0.3 is 0 Å². The average Bonchev–Trinajstić information content (AvgIpc) is 2.92. The average molecular weight is 338 g/mol. The second-order valence-electron chi connectivity index (χ2n) is 6.65. The Labute approximate surface area is 147 Å². The predicted octanol–water partition coefficient (Wildman–Crippen LogP) is 3.94. The van der Waals surface area contributed by atoms with Crippen molar-refractivity contribution in [3.05, 3.63) is 57.5 Å². The van der Waals surface area contributed by atoms with Gasteiger partial charge in [-0.25, -0.2) is 0 Å². The minimum absolute atomic E-state index is 0.779. The Hall–Kier alpha value is -1.91. The van der Waals surface area contributed by atoms with Gasteiger partial charge in [-0.1, -0.05) is 29.8 Å². The van der Waals surface area contributed by atoms with Crippen molar-refractivity contribution in [2.24, 2.45) is 0 Å². The van der Waals surface area contributed by atoms with Gasteiger partial charge in [0, 0.05) is 18.0 Å². The lowest BCUT2D eigenvalue weighted by Gasteiger charge is -2.27. The van der Waals surface area contributed by atoms with Crippen molar-refractivity contribution in [3.63, 3.8) is 0 Å². The van der Waals surface area contributed by atoms with Crippen LogP contribution in [0.3, 0.4) is 0 Å². The Kier molecular flexibility index (Phi) is 4.25. The van der Waals surface area contributed by atoms with Gasteiger partial charge in [-0.15, -0.1) is 11.3 Å². The number of piperidine rings is 1. The second kappa shape index (κ2) is 6.54. The molecule has 1 aromatic carbocycles. The first kappa shape index (κ1) is 15.6. The van der Waals surface area contributed by atoms with Gasteiger partial charge in [0.1, 0.15) is 0 Å². The van der Waals surface area contributed by atoms with E-state index in [1.807, 2.05) is 0 Å². The highest BCUT2D eigenvalue weighted by molar-refractivity contribution is 7.16. The Bertz CT molecular complexity index is 796. The summed E-state index contributed by atoms with van der Waals surface area (Å²) in [5, 5.41) is 3.81. The summed E-state index contributed by atoms with van der Waals surface area (Å²) in [5.74, 6) is 0. The van der Waals surface area contributed by atoms with Gasteiger partial charge < -0.3 is 10.2 Å². The minimum atomic E-state index is 0.779. The highest BCUT2D eigenvalue weighted by atomic mass is 32.1. The zero-order valence-electron chi connectivity index (χ0n) is 14.0. The number of aryl methyl sites for hydroxylation is 2. The van der Waals surface area contributed by atoms with E-state index in [1.54, 1.807) is 16.9 Å². The zero-order chi connectivity index (χ0) is 16.5. The molecular formula is C20H22N2OS. The van der Waals surface area contributed by atoms with Gasteiger partial charge in [0.25, 0.3) is 0 Å². The van der Waals surface area contributed by atoms with Crippen LogP contribution in [0.5, 0.6) is 0 Å². The lowest BCUT2D eigenvalue weighted by atomic mass is 9.88. The van der Waals surface area contributed by atoms with Crippen molar-refractivity contribution in [2.45, 2.75) is 25.7 Å². The molecule has 0 atom stereocenters.